The monoisotopic (exact) mass is 409 g/mol. The SMILES string of the molecule is C=CCn1c(CCCNC(=O)Cc2ccc(-c3ccccc3)cc2)nc2ccccc21. The minimum absolute atomic E-state index is 0.0482. The number of fused-ring (bicyclic) bond motifs is 1. The molecule has 0 unspecified atom stereocenters. The predicted molar refractivity (Wildman–Crippen MR) is 127 cm³/mol. The van der Waals surface area contributed by atoms with Crippen LogP contribution in [0, 0.1) is 0 Å². The Labute approximate surface area is 183 Å². The molecule has 1 N–H and O–H groups in total. The summed E-state index contributed by atoms with van der Waals surface area (Å²) in [6.45, 7) is 5.23. The third kappa shape index (κ3) is 5.10. The molecule has 4 nitrogen and oxygen atoms in total. The number of nitrogens with zero attached hydrogens (tertiary/aromatic N) is 2. The van der Waals surface area contributed by atoms with Gasteiger partial charge >= 0.3 is 0 Å². The van der Waals surface area contributed by atoms with Crippen molar-refractivity contribution in [1.29, 1.82) is 0 Å². The van der Waals surface area contributed by atoms with Gasteiger partial charge in [0.15, 0.2) is 0 Å². The van der Waals surface area contributed by atoms with Gasteiger partial charge in [0.25, 0.3) is 0 Å². The zero-order valence-corrected chi connectivity index (χ0v) is 17.6. The third-order valence-electron chi connectivity index (χ3n) is 5.37. The molecule has 4 rings (SSSR count). The van der Waals surface area contributed by atoms with E-state index in [0.717, 1.165) is 47.4 Å². The lowest BCUT2D eigenvalue weighted by Crippen LogP contribution is -2.26. The summed E-state index contributed by atoms with van der Waals surface area (Å²) in [6.07, 6.45) is 3.94. The predicted octanol–water partition coefficient (Wildman–Crippen LogP) is 5.18. The van der Waals surface area contributed by atoms with Crippen molar-refractivity contribution in [3.8, 4) is 11.1 Å². The van der Waals surface area contributed by atoms with Crippen molar-refractivity contribution in [1.82, 2.24) is 14.9 Å². The molecular weight excluding hydrogens is 382 g/mol. The average molecular weight is 410 g/mol. The Kier molecular flexibility index (Phi) is 6.58. The highest BCUT2D eigenvalue weighted by molar-refractivity contribution is 5.79. The highest BCUT2D eigenvalue weighted by Crippen LogP contribution is 2.19. The zero-order chi connectivity index (χ0) is 21.5. The second-order valence-corrected chi connectivity index (χ2v) is 7.61. The number of amides is 1. The molecule has 0 saturated heterocycles. The standard InChI is InChI=1S/C27H27N3O/c1-2-19-30-25-12-7-6-11-24(25)29-26(30)13-8-18-28-27(31)20-21-14-16-23(17-15-21)22-9-4-3-5-10-22/h2-7,9-12,14-17H,1,8,13,18-20H2,(H,28,31). The van der Waals surface area contributed by atoms with E-state index in [1.165, 1.54) is 5.56 Å². The molecule has 4 heteroatoms. The fraction of sp³-hybridized carbons (Fsp3) is 0.185. The molecule has 1 aromatic heterocycles. The highest BCUT2D eigenvalue weighted by atomic mass is 16.1. The number of aromatic nitrogens is 2. The van der Waals surface area contributed by atoms with Crippen molar-refractivity contribution in [2.75, 3.05) is 6.54 Å². The lowest BCUT2D eigenvalue weighted by atomic mass is 10.0. The van der Waals surface area contributed by atoms with Gasteiger partial charge in [0.2, 0.25) is 5.91 Å². The summed E-state index contributed by atoms with van der Waals surface area (Å²) in [5.74, 6) is 1.08. The van der Waals surface area contributed by atoms with Crippen molar-refractivity contribution in [3.05, 3.63) is 103 Å². The molecule has 0 saturated carbocycles. The van der Waals surface area contributed by atoms with Crippen molar-refractivity contribution >= 4 is 16.9 Å². The van der Waals surface area contributed by atoms with Crippen molar-refractivity contribution in [2.24, 2.45) is 0 Å². The number of para-hydroxylation sites is 2. The maximum absolute atomic E-state index is 12.3. The maximum Gasteiger partial charge on any atom is 0.224 e. The van der Waals surface area contributed by atoms with E-state index in [0.29, 0.717) is 13.0 Å². The fourth-order valence-electron chi connectivity index (χ4n) is 3.82. The summed E-state index contributed by atoms with van der Waals surface area (Å²) in [4.78, 5) is 17.1. The van der Waals surface area contributed by atoms with Gasteiger partial charge in [-0.15, -0.1) is 6.58 Å². The Morgan fingerprint density at radius 2 is 1.65 bits per heavy atom. The molecule has 0 aliphatic rings. The number of hydrogen-bond donors (Lipinski definition) is 1. The van der Waals surface area contributed by atoms with Crippen LogP contribution >= 0.6 is 0 Å². The van der Waals surface area contributed by atoms with E-state index in [2.05, 4.69) is 46.8 Å². The van der Waals surface area contributed by atoms with E-state index in [1.807, 2.05) is 54.6 Å². The van der Waals surface area contributed by atoms with Crippen LogP contribution in [0.5, 0.6) is 0 Å². The molecule has 1 heterocycles. The summed E-state index contributed by atoms with van der Waals surface area (Å²) < 4.78 is 2.19. The van der Waals surface area contributed by atoms with Crippen LogP contribution in [-0.2, 0) is 24.2 Å². The molecule has 31 heavy (non-hydrogen) atoms. The molecule has 0 spiro atoms. The Morgan fingerprint density at radius 1 is 0.935 bits per heavy atom. The molecular formula is C27H27N3O. The van der Waals surface area contributed by atoms with Crippen molar-refractivity contribution in [2.45, 2.75) is 25.8 Å². The second kappa shape index (κ2) is 9.90. The molecule has 1 amide bonds. The summed E-state index contributed by atoms with van der Waals surface area (Å²) in [6, 6.07) is 26.6. The number of hydrogen-bond acceptors (Lipinski definition) is 2. The van der Waals surface area contributed by atoms with Gasteiger partial charge in [-0.3, -0.25) is 4.79 Å². The number of imidazole rings is 1. The Balaban J connectivity index is 1.28. The second-order valence-electron chi connectivity index (χ2n) is 7.61. The van der Waals surface area contributed by atoms with Crippen LogP contribution in [0.25, 0.3) is 22.2 Å². The molecule has 0 fully saturated rings. The van der Waals surface area contributed by atoms with Crippen molar-refractivity contribution in [3.63, 3.8) is 0 Å². The minimum atomic E-state index is 0.0482. The van der Waals surface area contributed by atoms with Gasteiger partial charge < -0.3 is 9.88 Å². The molecule has 4 aromatic rings. The summed E-state index contributed by atoms with van der Waals surface area (Å²) >= 11 is 0. The number of aryl methyl sites for hydroxylation is 1. The van der Waals surface area contributed by atoms with Crippen molar-refractivity contribution < 1.29 is 4.79 Å². The van der Waals surface area contributed by atoms with Gasteiger partial charge in [0.05, 0.1) is 17.5 Å². The topological polar surface area (TPSA) is 46.9 Å². The van der Waals surface area contributed by atoms with E-state index >= 15 is 0 Å². The van der Waals surface area contributed by atoms with Gasteiger partial charge in [-0.1, -0.05) is 72.8 Å². The lowest BCUT2D eigenvalue weighted by molar-refractivity contribution is -0.120. The zero-order valence-electron chi connectivity index (χ0n) is 17.6. The Morgan fingerprint density at radius 3 is 2.42 bits per heavy atom. The van der Waals surface area contributed by atoms with Crippen LogP contribution in [0.15, 0.2) is 91.5 Å². The first-order valence-electron chi connectivity index (χ1n) is 10.7. The lowest BCUT2D eigenvalue weighted by Gasteiger charge is -2.08. The van der Waals surface area contributed by atoms with Gasteiger partial charge in [0, 0.05) is 19.5 Å². The first-order valence-corrected chi connectivity index (χ1v) is 10.7. The van der Waals surface area contributed by atoms with Gasteiger partial charge in [-0.25, -0.2) is 4.98 Å². The van der Waals surface area contributed by atoms with Crippen LogP contribution in [-0.4, -0.2) is 22.0 Å². The molecule has 0 atom stereocenters. The van der Waals surface area contributed by atoms with Gasteiger partial charge in [-0.2, -0.15) is 0 Å². The van der Waals surface area contributed by atoms with E-state index in [4.69, 9.17) is 4.98 Å². The van der Waals surface area contributed by atoms with E-state index in [9.17, 15) is 4.79 Å². The fourth-order valence-corrected chi connectivity index (χ4v) is 3.82. The van der Waals surface area contributed by atoms with E-state index in [-0.39, 0.29) is 5.91 Å². The van der Waals surface area contributed by atoms with Crippen LogP contribution in [0.1, 0.15) is 17.8 Å². The molecule has 156 valence electrons. The first-order chi connectivity index (χ1) is 15.2. The minimum Gasteiger partial charge on any atom is -0.356 e. The average Bonchev–Trinajstić information content (AvgIpc) is 3.15. The largest absolute Gasteiger partial charge is 0.356 e. The molecule has 0 bridgehead atoms. The number of carbonyl (C=O) groups excluding carboxylic acids is 1. The summed E-state index contributed by atoms with van der Waals surface area (Å²) in [5.41, 5.74) is 5.49. The normalized spacial score (nSPS) is 10.8. The van der Waals surface area contributed by atoms with E-state index in [1.54, 1.807) is 0 Å². The van der Waals surface area contributed by atoms with Crippen LogP contribution in [0.2, 0.25) is 0 Å². The quantitative estimate of drug-likeness (QED) is 0.306. The molecule has 3 aromatic carbocycles. The van der Waals surface area contributed by atoms with Crippen LogP contribution < -0.4 is 5.32 Å². The molecule has 0 aliphatic carbocycles. The summed E-state index contributed by atoms with van der Waals surface area (Å²) in [5, 5.41) is 3.04. The van der Waals surface area contributed by atoms with Crippen LogP contribution in [0.4, 0.5) is 0 Å². The van der Waals surface area contributed by atoms with E-state index < -0.39 is 0 Å². The Hall–Kier alpha value is -3.66. The Bertz CT molecular complexity index is 1160. The molecule has 0 aliphatic heterocycles. The van der Waals surface area contributed by atoms with Gasteiger partial charge in [-0.05, 0) is 35.2 Å². The number of allylic oxidation sites excluding steroid dienone is 1. The smallest absolute Gasteiger partial charge is 0.224 e. The number of nitrogens with one attached hydrogen (secondary N) is 1. The highest BCUT2D eigenvalue weighted by Gasteiger charge is 2.09. The third-order valence-corrected chi connectivity index (χ3v) is 5.37. The maximum atomic E-state index is 12.3. The number of rotatable bonds is 9. The molecule has 0 radical (unpaired) electrons. The first kappa shape index (κ1) is 20.6. The summed E-state index contributed by atoms with van der Waals surface area (Å²) in [7, 11) is 0. The number of carbonyl (C=O) groups is 1. The van der Waals surface area contributed by atoms with Gasteiger partial charge in [0.1, 0.15) is 5.82 Å². The van der Waals surface area contributed by atoms with Crippen LogP contribution in [0.3, 0.4) is 0 Å². The number of benzene rings is 3.